The van der Waals surface area contributed by atoms with Gasteiger partial charge in [0.1, 0.15) is 5.71 Å². The number of amides is 1. The Balaban J connectivity index is 1.61. The fraction of sp³-hybridized carbons (Fsp3) is 0.364. The normalized spacial score (nSPS) is 13.2. The van der Waals surface area contributed by atoms with Crippen molar-refractivity contribution >= 4 is 11.6 Å². The van der Waals surface area contributed by atoms with Crippen LogP contribution in [0.2, 0.25) is 0 Å². The summed E-state index contributed by atoms with van der Waals surface area (Å²) < 4.78 is 10.6. The first kappa shape index (κ1) is 19.0. The third-order valence-electron chi connectivity index (χ3n) is 4.96. The molecular weight excluding hydrogens is 340 g/mol. The summed E-state index contributed by atoms with van der Waals surface area (Å²) in [6, 6.07) is 12.0. The fourth-order valence-electron chi connectivity index (χ4n) is 3.52. The number of ether oxygens (including phenoxy) is 2. The zero-order chi connectivity index (χ0) is 19.2. The van der Waals surface area contributed by atoms with Gasteiger partial charge in [-0.2, -0.15) is 0 Å². The molecule has 0 saturated carbocycles. The molecule has 27 heavy (non-hydrogen) atoms. The van der Waals surface area contributed by atoms with E-state index < -0.39 is 0 Å². The van der Waals surface area contributed by atoms with Gasteiger partial charge in [0, 0.05) is 19.2 Å². The molecule has 0 heterocycles. The molecule has 0 atom stereocenters. The van der Waals surface area contributed by atoms with Crippen LogP contribution in [0, 0.1) is 0 Å². The standard InChI is InChI=1S/C22H26N2O3/c1-23-21(18-9-8-16-5-4-6-17(16)14-18)22(25)24-12-11-15-7-10-19(26-2)20(13-15)27-3/h7-10,13-14H,4-6,11-12H2,1-3H3,(H,24,25). The van der Waals surface area contributed by atoms with E-state index in [4.69, 9.17) is 9.47 Å². The minimum atomic E-state index is -0.143. The zero-order valence-electron chi connectivity index (χ0n) is 16.2. The average molecular weight is 366 g/mol. The molecule has 0 aliphatic heterocycles. The molecule has 0 saturated heterocycles. The van der Waals surface area contributed by atoms with Crippen LogP contribution in [0.4, 0.5) is 0 Å². The van der Waals surface area contributed by atoms with Gasteiger partial charge in [-0.3, -0.25) is 9.79 Å². The van der Waals surface area contributed by atoms with Crippen LogP contribution < -0.4 is 14.8 Å². The predicted octanol–water partition coefficient (Wildman–Crippen LogP) is 2.97. The number of nitrogens with zero attached hydrogens (tertiary/aromatic N) is 1. The van der Waals surface area contributed by atoms with Crippen molar-refractivity contribution in [2.75, 3.05) is 27.8 Å². The summed E-state index contributed by atoms with van der Waals surface area (Å²) in [6.07, 6.45) is 4.11. The molecule has 1 aliphatic rings. The molecule has 1 amide bonds. The van der Waals surface area contributed by atoms with Crippen LogP contribution in [0.15, 0.2) is 41.4 Å². The molecule has 1 N–H and O–H groups in total. The number of aryl methyl sites for hydroxylation is 2. The van der Waals surface area contributed by atoms with Crippen molar-refractivity contribution in [1.29, 1.82) is 0 Å². The number of fused-ring (bicyclic) bond motifs is 1. The van der Waals surface area contributed by atoms with Crippen molar-refractivity contribution in [3.63, 3.8) is 0 Å². The van der Waals surface area contributed by atoms with Crippen LogP contribution in [0.25, 0.3) is 0 Å². The van der Waals surface area contributed by atoms with E-state index in [1.807, 2.05) is 24.3 Å². The maximum atomic E-state index is 12.6. The highest BCUT2D eigenvalue weighted by Crippen LogP contribution is 2.27. The minimum Gasteiger partial charge on any atom is -0.493 e. The number of nitrogens with one attached hydrogen (secondary N) is 1. The van der Waals surface area contributed by atoms with E-state index in [1.54, 1.807) is 21.3 Å². The number of hydrogen-bond donors (Lipinski definition) is 1. The van der Waals surface area contributed by atoms with Gasteiger partial charge >= 0.3 is 0 Å². The second kappa shape index (κ2) is 8.71. The minimum absolute atomic E-state index is 0.143. The lowest BCUT2D eigenvalue weighted by molar-refractivity contribution is -0.114. The van der Waals surface area contributed by atoms with Gasteiger partial charge < -0.3 is 14.8 Å². The monoisotopic (exact) mass is 366 g/mol. The summed E-state index contributed by atoms with van der Waals surface area (Å²) in [5.74, 6) is 1.24. The smallest absolute Gasteiger partial charge is 0.270 e. The zero-order valence-corrected chi connectivity index (χ0v) is 16.2. The van der Waals surface area contributed by atoms with Crippen LogP contribution in [-0.2, 0) is 24.1 Å². The lowest BCUT2D eigenvalue weighted by Gasteiger charge is -2.11. The van der Waals surface area contributed by atoms with Crippen LogP contribution in [0.1, 0.15) is 28.7 Å². The molecule has 0 unspecified atom stereocenters. The third kappa shape index (κ3) is 4.30. The average Bonchev–Trinajstić information content (AvgIpc) is 3.16. The summed E-state index contributed by atoms with van der Waals surface area (Å²) in [6.45, 7) is 0.526. The second-order valence-electron chi connectivity index (χ2n) is 6.60. The van der Waals surface area contributed by atoms with Crippen molar-refractivity contribution in [1.82, 2.24) is 5.32 Å². The van der Waals surface area contributed by atoms with Crippen molar-refractivity contribution in [3.8, 4) is 11.5 Å². The molecular formula is C22H26N2O3. The number of rotatable bonds is 7. The Hall–Kier alpha value is -2.82. The molecule has 3 rings (SSSR count). The van der Waals surface area contributed by atoms with Crippen LogP contribution in [-0.4, -0.2) is 39.4 Å². The van der Waals surface area contributed by atoms with Gasteiger partial charge in [0.25, 0.3) is 5.91 Å². The van der Waals surface area contributed by atoms with Crippen molar-refractivity contribution in [3.05, 3.63) is 58.7 Å². The molecule has 0 spiro atoms. The highest BCUT2D eigenvalue weighted by Gasteiger charge is 2.17. The summed E-state index contributed by atoms with van der Waals surface area (Å²) >= 11 is 0. The molecule has 2 aromatic carbocycles. The van der Waals surface area contributed by atoms with Gasteiger partial charge in [-0.05, 0) is 60.6 Å². The van der Waals surface area contributed by atoms with Gasteiger partial charge in [-0.25, -0.2) is 0 Å². The Morgan fingerprint density at radius 1 is 1.04 bits per heavy atom. The molecule has 5 heteroatoms. The first-order valence-electron chi connectivity index (χ1n) is 9.24. The summed E-state index contributed by atoms with van der Waals surface area (Å²) in [4.78, 5) is 16.8. The SMILES string of the molecule is CN=C(C(=O)NCCc1ccc(OC)c(OC)c1)c1ccc2c(c1)CCC2. The molecule has 1 aliphatic carbocycles. The Bertz CT molecular complexity index is 859. The Kier molecular flexibility index (Phi) is 6.12. The van der Waals surface area contributed by atoms with Gasteiger partial charge in [0.05, 0.1) is 14.2 Å². The van der Waals surface area contributed by atoms with Crippen molar-refractivity contribution in [2.45, 2.75) is 25.7 Å². The first-order chi connectivity index (χ1) is 13.2. The first-order valence-corrected chi connectivity index (χ1v) is 9.24. The molecule has 0 radical (unpaired) electrons. The largest absolute Gasteiger partial charge is 0.493 e. The van der Waals surface area contributed by atoms with Gasteiger partial charge in [-0.15, -0.1) is 0 Å². The lowest BCUT2D eigenvalue weighted by atomic mass is 10.0. The van der Waals surface area contributed by atoms with Crippen molar-refractivity contribution in [2.24, 2.45) is 4.99 Å². The number of benzene rings is 2. The van der Waals surface area contributed by atoms with Gasteiger partial charge in [0.2, 0.25) is 0 Å². The molecule has 5 nitrogen and oxygen atoms in total. The van der Waals surface area contributed by atoms with E-state index in [1.165, 1.54) is 17.5 Å². The van der Waals surface area contributed by atoms with Crippen LogP contribution in [0.3, 0.4) is 0 Å². The van der Waals surface area contributed by atoms with Crippen LogP contribution >= 0.6 is 0 Å². The number of methoxy groups -OCH3 is 2. The third-order valence-corrected chi connectivity index (χ3v) is 4.96. The molecule has 2 aromatic rings. The quantitative estimate of drug-likeness (QED) is 0.767. The molecule has 0 fully saturated rings. The van der Waals surface area contributed by atoms with E-state index in [0.29, 0.717) is 30.2 Å². The highest BCUT2D eigenvalue weighted by atomic mass is 16.5. The number of carbonyl (C=O) groups is 1. The summed E-state index contributed by atoms with van der Waals surface area (Å²) in [5.41, 5.74) is 5.18. The van der Waals surface area contributed by atoms with E-state index in [0.717, 1.165) is 24.0 Å². The topological polar surface area (TPSA) is 59.9 Å². The van der Waals surface area contributed by atoms with E-state index in [9.17, 15) is 4.79 Å². The van der Waals surface area contributed by atoms with Crippen molar-refractivity contribution < 1.29 is 14.3 Å². The highest BCUT2D eigenvalue weighted by molar-refractivity contribution is 6.45. The number of carbonyl (C=O) groups excluding carboxylic acids is 1. The maximum Gasteiger partial charge on any atom is 0.270 e. The summed E-state index contributed by atoms with van der Waals surface area (Å²) in [5, 5.41) is 2.97. The van der Waals surface area contributed by atoms with Crippen LogP contribution in [0.5, 0.6) is 11.5 Å². The molecule has 0 aromatic heterocycles. The Labute approximate surface area is 160 Å². The molecule has 142 valence electrons. The molecule has 0 bridgehead atoms. The maximum absolute atomic E-state index is 12.6. The number of aliphatic imine (C=N–C) groups is 1. The van der Waals surface area contributed by atoms with E-state index in [-0.39, 0.29) is 5.91 Å². The lowest BCUT2D eigenvalue weighted by Crippen LogP contribution is -2.33. The van der Waals surface area contributed by atoms with E-state index in [2.05, 4.69) is 22.4 Å². The van der Waals surface area contributed by atoms with Gasteiger partial charge in [0.15, 0.2) is 11.5 Å². The Morgan fingerprint density at radius 3 is 2.56 bits per heavy atom. The fourth-order valence-corrected chi connectivity index (χ4v) is 3.52. The van der Waals surface area contributed by atoms with E-state index >= 15 is 0 Å². The summed E-state index contributed by atoms with van der Waals surface area (Å²) in [7, 11) is 4.89. The second-order valence-corrected chi connectivity index (χ2v) is 6.60. The Morgan fingerprint density at radius 2 is 1.81 bits per heavy atom. The predicted molar refractivity (Wildman–Crippen MR) is 107 cm³/mol. The number of hydrogen-bond acceptors (Lipinski definition) is 4. The van der Waals surface area contributed by atoms with Gasteiger partial charge in [-0.1, -0.05) is 18.2 Å².